The first-order valence-corrected chi connectivity index (χ1v) is 14.3. The van der Waals surface area contributed by atoms with E-state index in [0.717, 1.165) is 4.40 Å². The zero-order chi connectivity index (χ0) is 20.4. The van der Waals surface area contributed by atoms with Crippen LogP contribution in [0.2, 0.25) is 11.5 Å². The van der Waals surface area contributed by atoms with Gasteiger partial charge in [0.25, 0.3) is 0 Å². The Morgan fingerprint density at radius 3 is 0.920 bits per heavy atom. The molecule has 0 saturated carbocycles. The zero-order valence-corrected chi connectivity index (χ0v) is 22.7. The molecule has 0 bridgehead atoms. The van der Waals surface area contributed by atoms with Gasteiger partial charge in [-0.2, -0.15) is 0 Å². The van der Waals surface area contributed by atoms with Crippen molar-refractivity contribution in [3.63, 3.8) is 0 Å². The van der Waals surface area contributed by atoms with Crippen molar-refractivity contribution in [2.24, 2.45) is 0 Å². The Kier molecular flexibility index (Phi) is 18.2. The summed E-state index contributed by atoms with van der Waals surface area (Å²) in [5, 5.41) is 0. The largest absolute Gasteiger partial charge is 4.00 e. The van der Waals surface area contributed by atoms with Crippen LogP contribution in [0.5, 0.6) is 0 Å². The Morgan fingerprint density at radius 2 is 0.840 bits per heavy atom. The molecule has 0 spiro atoms. The predicted octanol–water partition coefficient (Wildman–Crippen LogP) is 7.30. The molecule has 0 fully saturated rings. The number of hydrogen-bond donors (Lipinski definition) is 0. The predicted molar refractivity (Wildman–Crippen MR) is 112 cm³/mol. The third-order valence-corrected chi connectivity index (χ3v) is 4.93. The molecule has 0 saturated heterocycles. The summed E-state index contributed by atoms with van der Waals surface area (Å²) in [4.78, 5) is 0. The fraction of sp³-hybridized carbons (Fsp3) is 0.737. The maximum atomic E-state index is 13.1. The van der Waals surface area contributed by atoms with Crippen LogP contribution in [0.1, 0.15) is 62.3 Å². The average molecular weight is 493 g/mol. The third kappa shape index (κ3) is 67.9. The van der Waals surface area contributed by atoms with Crippen LogP contribution in [-0.2, 0) is 26.2 Å². The van der Waals surface area contributed by atoms with Crippen molar-refractivity contribution >= 4 is 18.1 Å². The van der Waals surface area contributed by atoms with E-state index in [0.29, 0.717) is 0 Å². The summed E-state index contributed by atoms with van der Waals surface area (Å²) in [7, 11) is 0. The second-order valence-corrected chi connectivity index (χ2v) is 16.8. The van der Waals surface area contributed by atoms with Gasteiger partial charge < -0.3 is 17.2 Å². The second kappa shape index (κ2) is 13.7. The van der Waals surface area contributed by atoms with Gasteiger partial charge in [-0.15, -0.1) is 16.6 Å². The Balaban J connectivity index is -0.000000122. The second-order valence-electron chi connectivity index (χ2n) is 9.40. The number of nitrogens with one attached hydrogen (secondary N) is 3. The van der Waals surface area contributed by atoms with Crippen LogP contribution in [-0.4, -0.2) is 30.3 Å². The standard InChI is InChI=1S/C7H10FGe.3C4H10N.Zr/c1-9(2,8)7-5-3-4-6-7;3*1-4(2,3)5;/h3-6H,1-2H3;3*5H,1-3H3;/q4*-1;+4. The van der Waals surface area contributed by atoms with Gasteiger partial charge in [0.1, 0.15) is 0 Å². The van der Waals surface area contributed by atoms with Gasteiger partial charge in [0.15, 0.2) is 0 Å². The van der Waals surface area contributed by atoms with E-state index < -0.39 is 13.7 Å². The van der Waals surface area contributed by atoms with Gasteiger partial charge in [-0.3, -0.25) is 0 Å². The number of halogens is 1. The minimum Gasteiger partial charge on any atom is 4.00 e. The topological polar surface area (TPSA) is 71.4 Å². The van der Waals surface area contributed by atoms with Crippen molar-refractivity contribution < 1.29 is 29.7 Å². The maximum absolute atomic E-state index is 13.1. The van der Waals surface area contributed by atoms with E-state index >= 15 is 0 Å². The smallest absolute Gasteiger partial charge is 4.00 e. The molecule has 25 heavy (non-hydrogen) atoms. The van der Waals surface area contributed by atoms with Crippen LogP contribution < -0.4 is 4.40 Å². The molecule has 1 aromatic rings. The Labute approximate surface area is 179 Å². The van der Waals surface area contributed by atoms with Gasteiger partial charge in [-0.05, 0) is 0 Å². The summed E-state index contributed by atoms with van der Waals surface area (Å²) in [6, 6.07) is 7.53. The number of hydrogen-bond acceptors (Lipinski definition) is 0. The zero-order valence-electron chi connectivity index (χ0n) is 18.2. The van der Waals surface area contributed by atoms with E-state index in [9.17, 15) is 3.50 Å². The van der Waals surface area contributed by atoms with Crippen LogP contribution in [0.4, 0.5) is 3.50 Å². The molecule has 0 atom stereocenters. The van der Waals surface area contributed by atoms with Crippen molar-refractivity contribution in [1.82, 2.24) is 0 Å². The van der Waals surface area contributed by atoms with Crippen LogP contribution in [0.25, 0.3) is 17.2 Å². The van der Waals surface area contributed by atoms with E-state index in [1.54, 1.807) is 11.5 Å². The van der Waals surface area contributed by atoms with Gasteiger partial charge in [-0.1, -0.05) is 62.3 Å². The summed E-state index contributed by atoms with van der Waals surface area (Å²) in [6.07, 6.45) is 0. The Bertz CT molecular complexity index is 348. The molecule has 1 rings (SSSR count). The van der Waals surface area contributed by atoms with E-state index in [-0.39, 0.29) is 42.8 Å². The fourth-order valence-corrected chi connectivity index (χ4v) is 2.84. The normalized spacial score (nSPS) is 11.5. The van der Waals surface area contributed by atoms with Crippen molar-refractivity contribution in [1.29, 1.82) is 0 Å². The minimum atomic E-state index is -2.94. The average Bonchev–Trinajstić information content (AvgIpc) is 2.58. The quantitative estimate of drug-likeness (QED) is 0.291. The monoisotopic (exact) mass is 493 g/mol. The molecule has 0 aliphatic heterocycles. The molecule has 0 aromatic heterocycles. The van der Waals surface area contributed by atoms with Crippen molar-refractivity contribution in [3.05, 3.63) is 41.5 Å². The summed E-state index contributed by atoms with van der Waals surface area (Å²) >= 11 is -2.94. The summed E-state index contributed by atoms with van der Waals surface area (Å²) in [6.45, 7) is 16.7. The molecular weight excluding hydrogens is 453 g/mol. The van der Waals surface area contributed by atoms with E-state index in [2.05, 4.69) is 0 Å². The molecule has 0 heterocycles. The Morgan fingerprint density at radius 1 is 0.680 bits per heavy atom. The van der Waals surface area contributed by atoms with Crippen molar-refractivity contribution in [2.75, 3.05) is 0 Å². The van der Waals surface area contributed by atoms with Gasteiger partial charge in [0, 0.05) is 0 Å². The first-order chi connectivity index (χ1) is 10.1. The van der Waals surface area contributed by atoms with Crippen molar-refractivity contribution in [2.45, 2.75) is 90.4 Å². The fourth-order valence-electron chi connectivity index (χ4n) is 0.770. The van der Waals surface area contributed by atoms with Gasteiger partial charge in [-0.25, -0.2) is 0 Å². The van der Waals surface area contributed by atoms with Gasteiger partial charge in [0.05, 0.1) is 0 Å². The third-order valence-electron chi connectivity index (χ3n) is 1.35. The molecule has 1 aromatic carbocycles. The molecule has 146 valence electrons. The molecule has 0 amide bonds. The molecule has 0 aliphatic carbocycles. The van der Waals surface area contributed by atoms with Gasteiger partial charge >= 0.3 is 83.6 Å². The van der Waals surface area contributed by atoms with Crippen LogP contribution in [0, 0.1) is 0 Å². The number of rotatable bonds is 1. The molecule has 3 N–H and O–H groups in total. The molecule has 3 nitrogen and oxygen atoms in total. The van der Waals surface area contributed by atoms with Crippen LogP contribution >= 0.6 is 0 Å². The summed E-state index contributed by atoms with van der Waals surface area (Å²) in [5.41, 5.74) is 20.1. The van der Waals surface area contributed by atoms with E-state index in [1.165, 1.54) is 0 Å². The molecule has 0 unspecified atom stereocenters. The van der Waals surface area contributed by atoms with Crippen molar-refractivity contribution in [3.8, 4) is 0 Å². The SMILES string of the molecule is CC(C)(C)[NH-].CC(C)(C)[NH-].CC(C)(C)[NH-].[CH3][Ge]([CH3])([F])[c-]1cccc1.[Zr+4]. The first kappa shape index (κ1) is 33.2. The molecule has 0 radical (unpaired) electrons. The van der Waals surface area contributed by atoms with E-state index in [1.807, 2.05) is 86.6 Å². The molecule has 0 aliphatic rings. The first-order valence-electron chi connectivity index (χ1n) is 8.27. The molecule has 6 heteroatoms. The minimum absolute atomic E-state index is 0. The Hall–Kier alpha value is 0.586. The summed E-state index contributed by atoms with van der Waals surface area (Å²) in [5.74, 6) is 3.49. The summed E-state index contributed by atoms with van der Waals surface area (Å²) < 4.78 is 14.1. The molecular formula is C19H40FGeN3Zr. The van der Waals surface area contributed by atoms with Crippen LogP contribution in [0.3, 0.4) is 0 Å². The van der Waals surface area contributed by atoms with Crippen LogP contribution in [0.15, 0.2) is 24.3 Å². The van der Waals surface area contributed by atoms with E-state index in [4.69, 9.17) is 17.2 Å². The van der Waals surface area contributed by atoms with Gasteiger partial charge in [0.2, 0.25) is 0 Å². The maximum Gasteiger partial charge on any atom is 4.00 e.